The van der Waals surface area contributed by atoms with Gasteiger partial charge in [-0.25, -0.2) is 9.97 Å². The zero-order chi connectivity index (χ0) is 10.3. The second-order valence-electron chi connectivity index (χ2n) is 4.59. The third-order valence-electron chi connectivity index (χ3n) is 3.60. The second kappa shape index (κ2) is 5.85. The number of nitrogens with two attached hydrogens (primary N) is 1. The van der Waals surface area contributed by atoms with Gasteiger partial charge < -0.3 is 10.6 Å². The van der Waals surface area contributed by atoms with E-state index in [9.17, 15) is 0 Å². The topological polar surface area (TPSA) is 55.0 Å². The summed E-state index contributed by atoms with van der Waals surface area (Å²) in [5.74, 6) is 1.07. The lowest BCUT2D eigenvalue weighted by Gasteiger charge is -2.38. The monoisotopic (exact) mass is 276 g/mol. The smallest absolute Gasteiger partial charge is 0.132 e. The van der Waals surface area contributed by atoms with Gasteiger partial charge >= 0.3 is 0 Å². The van der Waals surface area contributed by atoms with Crippen molar-refractivity contribution in [2.45, 2.75) is 43.8 Å². The molecule has 4 nitrogen and oxygen atoms in total. The van der Waals surface area contributed by atoms with Crippen LogP contribution in [0.2, 0.25) is 0 Å². The Morgan fingerprint density at radius 1 is 1.18 bits per heavy atom. The van der Waals surface area contributed by atoms with Gasteiger partial charge in [-0.3, -0.25) is 0 Å². The number of fused-ring (bicyclic) bond motifs is 2. The van der Waals surface area contributed by atoms with Crippen molar-refractivity contribution in [1.29, 1.82) is 0 Å². The first-order chi connectivity index (χ1) is 7.34. The van der Waals surface area contributed by atoms with Crippen LogP contribution in [0.1, 0.15) is 25.7 Å². The Balaban J connectivity index is 0.000000722. The maximum Gasteiger partial charge on any atom is 0.132 e. The van der Waals surface area contributed by atoms with E-state index in [2.05, 4.69) is 14.9 Å². The minimum Gasteiger partial charge on any atom is -0.350 e. The lowest BCUT2D eigenvalue weighted by atomic mass is 9.98. The summed E-state index contributed by atoms with van der Waals surface area (Å²) in [6, 6.07) is 3.60. The molecule has 0 amide bonds. The van der Waals surface area contributed by atoms with E-state index in [-0.39, 0.29) is 24.8 Å². The molecule has 1 aromatic rings. The van der Waals surface area contributed by atoms with Gasteiger partial charge in [0.15, 0.2) is 0 Å². The molecule has 96 valence electrons. The van der Waals surface area contributed by atoms with Crippen LogP contribution in [-0.2, 0) is 0 Å². The number of hydrogen-bond donors (Lipinski definition) is 1. The van der Waals surface area contributed by atoms with Gasteiger partial charge in [-0.2, -0.15) is 0 Å². The van der Waals surface area contributed by atoms with Crippen LogP contribution < -0.4 is 10.6 Å². The number of aromatic nitrogens is 2. The Morgan fingerprint density at radius 3 is 2.35 bits per heavy atom. The van der Waals surface area contributed by atoms with Crippen molar-refractivity contribution in [2.75, 3.05) is 4.90 Å². The third-order valence-corrected chi connectivity index (χ3v) is 3.60. The Hall–Kier alpha value is -0.580. The first-order valence-corrected chi connectivity index (χ1v) is 5.64. The molecule has 0 aromatic carbocycles. The van der Waals surface area contributed by atoms with Crippen LogP contribution in [-0.4, -0.2) is 28.1 Å². The molecule has 1 aromatic heterocycles. The summed E-state index contributed by atoms with van der Waals surface area (Å²) in [7, 11) is 0. The maximum atomic E-state index is 6.04. The largest absolute Gasteiger partial charge is 0.350 e. The molecule has 2 N–H and O–H groups in total. The fraction of sp³-hybridized carbons (Fsp3) is 0.636. The van der Waals surface area contributed by atoms with Crippen LogP contribution in [0.3, 0.4) is 0 Å². The molecule has 0 radical (unpaired) electrons. The molecule has 0 saturated carbocycles. The average Bonchev–Trinajstić information content (AvgIpc) is 2.53. The fourth-order valence-electron chi connectivity index (χ4n) is 3.03. The van der Waals surface area contributed by atoms with E-state index in [1.807, 2.05) is 12.3 Å². The fourth-order valence-corrected chi connectivity index (χ4v) is 3.03. The van der Waals surface area contributed by atoms with E-state index in [4.69, 9.17) is 5.73 Å². The van der Waals surface area contributed by atoms with Crippen LogP contribution >= 0.6 is 24.8 Å². The molecule has 2 unspecified atom stereocenters. The molecule has 0 aliphatic carbocycles. The minimum absolute atomic E-state index is 0. The predicted octanol–water partition coefficient (Wildman–Crippen LogP) is 1.78. The van der Waals surface area contributed by atoms with Gasteiger partial charge in [0.05, 0.1) is 0 Å². The van der Waals surface area contributed by atoms with E-state index >= 15 is 0 Å². The highest BCUT2D eigenvalue weighted by Crippen LogP contribution is 2.37. The number of rotatable bonds is 1. The van der Waals surface area contributed by atoms with E-state index in [0.29, 0.717) is 18.1 Å². The van der Waals surface area contributed by atoms with Crippen molar-refractivity contribution in [3.05, 3.63) is 18.6 Å². The molecule has 2 bridgehead atoms. The number of hydrogen-bond acceptors (Lipinski definition) is 4. The van der Waals surface area contributed by atoms with Crippen molar-refractivity contribution in [3.63, 3.8) is 0 Å². The van der Waals surface area contributed by atoms with E-state index < -0.39 is 0 Å². The zero-order valence-electron chi connectivity index (χ0n) is 9.53. The van der Waals surface area contributed by atoms with E-state index in [0.717, 1.165) is 18.7 Å². The third kappa shape index (κ3) is 2.64. The van der Waals surface area contributed by atoms with Crippen molar-refractivity contribution < 1.29 is 0 Å². The lowest BCUT2D eigenvalue weighted by molar-refractivity contribution is 0.412. The maximum absolute atomic E-state index is 6.04. The summed E-state index contributed by atoms with van der Waals surface area (Å²) in [6.07, 6.45) is 8.20. The van der Waals surface area contributed by atoms with Crippen LogP contribution in [0.15, 0.2) is 18.6 Å². The summed E-state index contributed by atoms with van der Waals surface area (Å²) in [4.78, 5) is 10.8. The van der Waals surface area contributed by atoms with Gasteiger partial charge in [-0.15, -0.1) is 24.8 Å². The van der Waals surface area contributed by atoms with Gasteiger partial charge in [-0.1, -0.05) is 0 Å². The van der Waals surface area contributed by atoms with Crippen molar-refractivity contribution in [1.82, 2.24) is 9.97 Å². The number of piperidine rings is 1. The average molecular weight is 277 g/mol. The molecule has 2 fully saturated rings. The van der Waals surface area contributed by atoms with Crippen LogP contribution in [0.5, 0.6) is 0 Å². The van der Waals surface area contributed by atoms with Crippen LogP contribution in [0.25, 0.3) is 0 Å². The van der Waals surface area contributed by atoms with Crippen LogP contribution in [0, 0.1) is 0 Å². The summed E-state index contributed by atoms with van der Waals surface area (Å²) in [5, 5.41) is 0. The van der Waals surface area contributed by atoms with Gasteiger partial charge in [0.2, 0.25) is 0 Å². The number of halogens is 2. The lowest BCUT2D eigenvalue weighted by Crippen LogP contribution is -2.47. The molecular formula is C11H18Cl2N4. The molecule has 2 aliphatic heterocycles. The van der Waals surface area contributed by atoms with Crippen molar-refractivity contribution in [3.8, 4) is 0 Å². The summed E-state index contributed by atoms with van der Waals surface area (Å²) in [6.45, 7) is 0. The highest BCUT2D eigenvalue weighted by molar-refractivity contribution is 5.85. The van der Waals surface area contributed by atoms with Gasteiger partial charge in [0, 0.05) is 24.3 Å². The predicted molar refractivity (Wildman–Crippen MR) is 73.0 cm³/mol. The van der Waals surface area contributed by atoms with Gasteiger partial charge in [0.25, 0.3) is 0 Å². The second-order valence-corrected chi connectivity index (χ2v) is 4.59. The SMILES string of the molecule is Cl.Cl.NC1CC2CCC(C1)N2c1ccncn1. The quantitative estimate of drug-likeness (QED) is 0.850. The highest BCUT2D eigenvalue weighted by Gasteiger charge is 2.40. The first kappa shape index (κ1) is 14.5. The molecule has 0 spiro atoms. The van der Waals surface area contributed by atoms with Crippen LogP contribution in [0.4, 0.5) is 5.82 Å². The Bertz CT molecular complexity index is 335. The molecule has 2 atom stereocenters. The van der Waals surface area contributed by atoms with Crippen molar-refractivity contribution in [2.24, 2.45) is 5.73 Å². The molecule has 2 aliphatic rings. The first-order valence-electron chi connectivity index (χ1n) is 5.64. The van der Waals surface area contributed by atoms with Gasteiger partial charge in [-0.05, 0) is 31.7 Å². The Morgan fingerprint density at radius 2 is 1.82 bits per heavy atom. The Labute approximate surface area is 114 Å². The Kier molecular flexibility index (Phi) is 4.98. The summed E-state index contributed by atoms with van der Waals surface area (Å²) < 4.78 is 0. The van der Waals surface area contributed by atoms with Crippen molar-refractivity contribution >= 4 is 30.6 Å². The minimum atomic E-state index is 0. The number of anilines is 1. The molecular weight excluding hydrogens is 259 g/mol. The molecule has 3 rings (SSSR count). The molecule has 6 heteroatoms. The van der Waals surface area contributed by atoms with Gasteiger partial charge in [0.1, 0.15) is 12.1 Å². The number of nitrogens with zero attached hydrogens (tertiary/aromatic N) is 3. The normalized spacial score (nSPS) is 30.4. The van der Waals surface area contributed by atoms with E-state index in [1.165, 1.54) is 12.8 Å². The molecule has 2 saturated heterocycles. The molecule has 3 heterocycles. The highest BCUT2D eigenvalue weighted by atomic mass is 35.5. The zero-order valence-corrected chi connectivity index (χ0v) is 11.2. The summed E-state index contributed by atoms with van der Waals surface area (Å²) in [5.41, 5.74) is 6.04. The molecule has 17 heavy (non-hydrogen) atoms. The van der Waals surface area contributed by atoms with E-state index in [1.54, 1.807) is 6.33 Å². The standard InChI is InChI=1S/C11H16N4.2ClH/c12-8-5-9-1-2-10(6-8)15(9)11-3-4-13-7-14-11;;/h3-4,7-10H,1-2,5-6,12H2;2*1H. The summed E-state index contributed by atoms with van der Waals surface area (Å²) >= 11 is 0.